The molecule has 1 aromatic heterocycles. The highest BCUT2D eigenvalue weighted by Crippen LogP contribution is 2.34. The minimum absolute atomic E-state index is 0.372. The van der Waals surface area contributed by atoms with Gasteiger partial charge in [-0.25, -0.2) is 5.43 Å². The molecule has 3 nitrogen and oxygen atoms in total. The van der Waals surface area contributed by atoms with Crippen molar-refractivity contribution in [3.8, 4) is 5.69 Å². The molecular formula is C22H23N3. The number of hydrogen-bond acceptors (Lipinski definition) is 2. The van der Waals surface area contributed by atoms with Crippen molar-refractivity contribution < 1.29 is 0 Å². The SMILES string of the molecule is CNN(c1ccc2c3ccccc3n(-c3ccccc3)c2c1)C(C)C. The standard InChI is InChI=1S/C22H23N3/c1-16(2)25(23-3)18-13-14-20-19-11-7-8-12-21(19)24(22(20)15-18)17-9-5-4-6-10-17/h4-16,23H,1-3H3. The second kappa shape index (κ2) is 6.26. The molecule has 3 aromatic carbocycles. The van der Waals surface area contributed by atoms with E-state index >= 15 is 0 Å². The topological polar surface area (TPSA) is 20.2 Å². The number of hydrazine groups is 1. The van der Waals surface area contributed by atoms with Crippen LogP contribution in [0.3, 0.4) is 0 Å². The van der Waals surface area contributed by atoms with Gasteiger partial charge in [-0.15, -0.1) is 0 Å². The lowest BCUT2D eigenvalue weighted by Gasteiger charge is -2.27. The van der Waals surface area contributed by atoms with E-state index in [0.29, 0.717) is 6.04 Å². The van der Waals surface area contributed by atoms with Gasteiger partial charge in [-0.2, -0.15) is 0 Å². The van der Waals surface area contributed by atoms with Crippen LogP contribution in [-0.2, 0) is 0 Å². The molecule has 0 spiro atoms. The van der Waals surface area contributed by atoms with Crippen LogP contribution in [0.5, 0.6) is 0 Å². The molecule has 0 unspecified atom stereocenters. The quantitative estimate of drug-likeness (QED) is 0.524. The molecule has 0 radical (unpaired) electrons. The lowest BCUT2D eigenvalue weighted by atomic mass is 10.1. The van der Waals surface area contributed by atoms with Crippen molar-refractivity contribution in [1.29, 1.82) is 0 Å². The van der Waals surface area contributed by atoms with Crippen LogP contribution in [0.1, 0.15) is 13.8 Å². The van der Waals surface area contributed by atoms with E-state index in [1.165, 1.54) is 33.2 Å². The van der Waals surface area contributed by atoms with Gasteiger partial charge < -0.3 is 9.58 Å². The summed E-state index contributed by atoms with van der Waals surface area (Å²) >= 11 is 0. The largest absolute Gasteiger partial charge is 0.309 e. The number of nitrogens with zero attached hydrogens (tertiary/aromatic N) is 2. The summed E-state index contributed by atoms with van der Waals surface area (Å²) in [4.78, 5) is 0. The van der Waals surface area contributed by atoms with E-state index < -0.39 is 0 Å². The van der Waals surface area contributed by atoms with E-state index in [1.807, 2.05) is 7.05 Å². The van der Waals surface area contributed by atoms with Crippen LogP contribution in [-0.4, -0.2) is 17.7 Å². The van der Waals surface area contributed by atoms with Crippen LogP contribution in [0.15, 0.2) is 72.8 Å². The molecule has 0 atom stereocenters. The van der Waals surface area contributed by atoms with Gasteiger partial charge in [0.1, 0.15) is 0 Å². The van der Waals surface area contributed by atoms with Gasteiger partial charge in [0.2, 0.25) is 0 Å². The third-order valence-corrected chi connectivity index (χ3v) is 4.71. The maximum atomic E-state index is 3.30. The molecule has 0 saturated heterocycles. The Morgan fingerprint density at radius 1 is 0.800 bits per heavy atom. The Morgan fingerprint density at radius 3 is 2.20 bits per heavy atom. The first-order chi connectivity index (χ1) is 12.2. The highest BCUT2D eigenvalue weighted by Gasteiger charge is 2.15. The molecular weight excluding hydrogens is 306 g/mol. The molecule has 1 N–H and O–H groups in total. The normalized spacial score (nSPS) is 11.5. The minimum Gasteiger partial charge on any atom is -0.309 e. The average molecular weight is 329 g/mol. The van der Waals surface area contributed by atoms with Crippen LogP contribution in [0.25, 0.3) is 27.5 Å². The lowest BCUT2D eigenvalue weighted by Crippen LogP contribution is -2.40. The molecule has 0 aliphatic heterocycles. The number of anilines is 1. The molecule has 0 aliphatic rings. The first-order valence-electron chi connectivity index (χ1n) is 8.76. The number of nitrogens with one attached hydrogen (secondary N) is 1. The number of para-hydroxylation sites is 2. The van der Waals surface area contributed by atoms with Crippen molar-refractivity contribution in [2.75, 3.05) is 12.1 Å². The van der Waals surface area contributed by atoms with Crippen molar-refractivity contribution in [2.24, 2.45) is 0 Å². The second-order valence-corrected chi connectivity index (χ2v) is 6.58. The summed E-state index contributed by atoms with van der Waals surface area (Å²) in [6.45, 7) is 4.38. The predicted molar refractivity (Wildman–Crippen MR) is 107 cm³/mol. The minimum atomic E-state index is 0.372. The molecule has 0 aliphatic carbocycles. The summed E-state index contributed by atoms with van der Waals surface area (Å²) < 4.78 is 2.35. The maximum absolute atomic E-state index is 3.30. The first-order valence-corrected chi connectivity index (χ1v) is 8.76. The predicted octanol–water partition coefficient (Wildman–Crippen LogP) is 5.13. The molecule has 0 bridgehead atoms. The van der Waals surface area contributed by atoms with Crippen molar-refractivity contribution >= 4 is 27.5 Å². The van der Waals surface area contributed by atoms with E-state index in [9.17, 15) is 0 Å². The fourth-order valence-corrected chi connectivity index (χ4v) is 3.65. The fraction of sp³-hybridized carbons (Fsp3) is 0.182. The van der Waals surface area contributed by atoms with Gasteiger partial charge in [-0.1, -0.05) is 42.5 Å². The molecule has 3 heteroatoms. The van der Waals surface area contributed by atoms with Crippen LogP contribution in [0.4, 0.5) is 5.69 Å². The van der Waals surface area contributed by atoms with Crippen LogP contribution >= 0.6 is 0 Å². The monoisotopic (exact) mass is 329 g/mol. The highest BCUT2D eigenvalue weighted by molar-refractivity contribution is 6.10. The second-order valence-electron chi connectivity index (χ2n) is 6.58. The third kappa shape index (κ3) is 2.57. The van der Waals surface area contributed by atoms with Crippen LogP contribution in [0.2, 0.25) is 0 Å². The summed E-state index contributed by atoms with van der Waals surface area (Å²) in [6, 6.07) is 26.3. The number of hydrogen-bond donors (Lipinski definition) is 1. The number of fused-ring (bicyclic) bond motifs is 3. The molecule has 0 fully saturated rings. The van der Waals surface area contributed by atoms with Crippen molar-refractivity contribution in [1.82, 2.24) is 9.99 Å². The molecule has 4 rings (SSSR count). The summed E-state index contributed by atoms with van der Waals surface area (Å²) in [6.07, 6.45) is 0. The van der Waals surface area contributed by atoms with Gasteiger partial charge in [0.05, 0.1) is 16.7 Å². The van der Waals surface area contributed by atoms with Gasteiger partial charge >= 0.3 is 0 Å². The average Bonchev–Trinajstić information content (AvgIpc) is 2.96. The maximum Gasteiger partial charge on any atom is 0.0562 e. The highest BCUT2D eigenvalue weighted by atomic mass is 15.5. The van der Waals surface area contributed by atoms with E-state index in [1.54, 1.807) is 0 Å². The summed E-state index contributed by atoms with van der Waals surface area (Å²) in [7, 11) is 1.97. The Morgan fingerprint density at radius 2 is 1.48 bits per heavy atom. The number of aromatic nitrogens is 1. The van der Waals surface area contributed by atoms with Crippen molar-refractivity contribution in [2.45, 2.75) is 19.9 Å². The van der Waals surface area contributed by atoms with Gasteiger partial charge in [-0.3, -0.25) is 0 Å². The number of benzene rings is 3. The van der Waals surface area contributed by atoms with E-state index in [4.69, 9.17) is 0 Å². The van der Waals surface area contributed by atoms with Gasteiger partial charge in [0.15, 0.2) is 0 Å². The first kappa shape index (κ1) is 15.7. The molecule has 1 heterocycles. The van der Waals surface area contributed by atoms with Crippen LogP contribution in [0, 0.1) is 0 Å². The third-order valence-electron chi connectivity index (χ3n) is 4.71. The molecule has 25 heavy (non-hydrogen) atoms. The van der Waals surface area contributed by atoms with Crippen molar-refractivity contribution in [3.63, 3.8) is 0 Å². The molecule has 4 aromatic rings. The summed E-state index contributed by atoms with van der Waals surface area (Å²) in [5.41, 5.74) is 8.12. The smallest absolute Gasteiger partial charge is 0.0562 e. The van der Waals surface area contributed by atoms with E-state index in [-0.39, 0.29) is 0 Å². The number of rotatable bonds is 4. The summed E-state index contributed by atoms with van der Waals surface area (Å²) in [5, 5.41) is 4.75. The fourth-order valence-electron chi connectivity index (χ4n) is 3.65. The van der Waals surface area contributed by atoms with E-state index in [2.05, 4.69) is 102 Å². The lowest BCUT2D eigenvalue weighted by molar-refractivity contribution is 0.615. The Labute approximate surface area is 148 Å². The Hall–Kier alpha value is -2.78. The zero-order valence-corrected chi connectivity index (χ0v) is 14.9. The Bertz CT molecular complexity index is 1020. The van der Waals surface area contributed by atoms with Gasteiger partial charge in [0.25, 0.3) is 0 Å². The van der Waals surface area contributed by atoms with Crippen molar-refractivity contribution in [3.05, 3.63) is 72.8 Å². The zero-order valence-electron chi connectivity index (χ0n) is 14.9. The Kier molecular flexibility index (Phi) is 3.94. The Balaban J connectivity index is 2.06. The van der Waals surface area contributed by atoms with Gasteiger partial charge in [0, 0.05) is 29.5 Å². The summed E-state index contributed by atoms with van der Waals surface area (Å²) in [5.74, 6) is 0. The van der Waals surface area contributed by atoms with E-state index in [0.717, 1.165) is 0 Å². The zero-order chi connectivity index (χ0) is 17.4. The van der Waals surface area contributed by atoms with Crippen LogP contribution < -0.4 is 10.4 Å². The molecule has 0 amide bonds. The molecule has 126 valence electrons. The molecule has 0 saturated carbocycles. The van der Waals surface area contributed by atoms with Gasteiger partial charge in [-0.05, 0) is 44.2 Å².